The number of nitrogens with two attached hydrogens (primary N) is 1. The number of benzene rings is 1. The fraction of sp³-hybridized carbons (Fsp3) is 0.333. The van der Waals surface area contributed by atoms with Crippen molar-refractivity contribution in [3.05, 3.63) is 41.7 Å². The summed E-state index contributed by atoms with van der Waals surface area (Å²) in [5, 5.41) is 3.01. The Kier molecular flexibility index (Phi) is 3.46. The first-order valence-corrected chi connectivity index (χ1v) is 5.44. The minimum Gasteiger partial charge on any atom is -0.493 e. The van der Waals surface area contributed by atoms with Crippen LogP contribution >= 0.6 is 0 Å². The second kappa shape index (κ2) is 5.03. The number of hydrogen-bond acceptors (Lipinski definition) is 3. The first kappa shape index (κ1) is 11.7. The van der Waals surface area contributed by atoms with E-state index in [4.69, 9.17) is 10.5 Å². The van der Waals surface area contributed by atoms with Gasteiger partial charge >= 0.3 is 0 Å². The first-order valence-electron chi connectivity index (χ1n) is 5.44. The van der Waals surface area contributed by atoms with Gasteiger partial charge in [-0.2, -0.15) is 0 Å². The lowest BCUT2D eigenvalue weighted by molar-refractivity contribution is 0.291. The van der Waals surface area contributed by atoms with Gasteiger partial charge in [0.25, 0.3) is 0 Å². The molecule has 0 unspecified atom stereocenters. The Balaban J connectivity index is 1.80. The second-order valence-corrected chi connectivity index (χ2v) is 3.98. The summed E-state index contributed by atoms with van der Waals surface area (Å²) in [5.74, 6) is -0.405. The highest BCUT2D eigenvalue weighted by atomic mass is 19.2. The normalized spacial score (nSPS) is 18.7. The minimum absolute atomic E-state index is 0.334. The smallest absolute Gasteiger partial charge is 0.162 e. The van der Waals surface area contributed by atoms with E-state index in [-0.39, 0.29) is 0 Å². The highest BCUT2D eigenvalue weighted by Gasteiger charge is 2.13. The lowest BCUT2D eigenvalue weighted by atomic mass is 10.1. The topological polar surface area (TPSA) is 47.3 Å². The third-order valence-corrected chi connectivity index (χ3v) is 2.63. The van der Waals surface area contributed by atoms with Gasteiger partial charge in [-0.05, 0) is 24.6 Å². The highest BCUT2D eigenvalue weighted by molar-refractivity contribution is 5.23. The minimum atomic E-state index is -0.894. The van der Waals surface area contributed by atoms with E-state index in [1.54, 1.807) is 0 Å². The predicted molar refractivity (Wildman–Crippen MR) is 60.2 cm³/mol. The van der Waals surface area contributed by atoms with Crippen molar-refractivity contribution < 1.29 is 13.5 Å². The Morgan fingerprint density at radius 3 is 2.82 bits per heavy atom. The van der Waals surface area contributed by atoms with Crippen LogP contribution in [0.15, 0.2) is 30.1 Å². The van der Waals surface area contributed by atoms with Gasteiger partial charge in [-0.3, -0.25) is 0 Å². The summed E-state index contributed by atoms with van der Waals surface area (Å²) < 4.78 is 30.9. The maximum Gasteiger partial charge on any atom is 0.162 e. The Labute approximate surface area is 98.3 Å². The molecule has 0 spiro atoms. The Morgan fingerprint density at radius 1 is 1.35 bits per heavy atom. The number of ether oxygens (including phenoxy) is 1. The van der Waals surface area contributed by atoms with Crippen molar-refractivity contribution in [1.82, 2.24) is 5.32 Å². The van der Waals surface area contributed by atoms with Crippen molar-refractivity contribution >= 4 is 0 Å². The monoisotopic (exact) mass is 240 g/mol. The van der Waals surface area contributed by atoms with Crippen molar-refractivity contribution in [3.8, 4) is 5.75 Å². The van der Waals surface area contributed by atoms with Crippen molar-refractivity contribution in [2.24, 2.45) is 11.7 Å². The summed E-state index contributed by atoms with van der Waals surface area (Å²) in [6.07, 6.45) is 2.72. The molecule has 2 rings (SSSR count). The van der Waals surface area contributed by atoms with Crippen molar-refractivity contribution in [2.45, 2.75) is 6.42 Å². The highest BCUT2D eigenvalue weighted by Crippen LogP contribution is 2.17. The van der Waals surface area contributed by atoms with E-state index in [1.165, 1.54) is 6.07 Å². The Morgan fingerprint density at radius 2 is 2.18 bits per heavy atom. The molecule has 1 aliphatic rings. The Hall–Kier alpha value is -1.78. The largest absolute Gasteiger partial charge is 0.493 e. The van der Waals surface area contributed by atoms with Crippen LogP contribution in [0.3, 0.4) is 0 Å². The molecule has 0 amide bonds. The van der Waals surface area contributed by atoms with Gasteiger partial charge in [0.2, 0.25) is 0 Å². The predicted octanol–water partition coefficient (Wildman–Crippen LogP) is 1.75. The molecule has 0 saturated carbocycles. The van der Waals surface area contributed by atoms with Gasteiger partial charge in [0.15, 0.2) is 11.6 Å². The lowest BCUT2D eigenvalue weighted by Gasteiger charge is -2.09. The van der Waals surface area contributed by atoms with Crippen LogP contribution in [0.4, 0.5) is 8.78 Å². The molecule has 1 aliphatic heterocycles. The van der Waals surface area contributed by atoms with Crippen LogP contribution in [0.25, 0.3) is 0 Å². The SMILES string of the molecule is NC1=C[C@H](CCOc2ccc(F)c(F)c2)CN1. The molecule has 3 nitrogen and oxygen atoms in total. The zero-order valence-corrected chi connectivity index (χ0v) is 9.25. The van der Waals surface area contributed by atoms with E-state index < -0.39 is 11.6 Å². The van der Waals surface area contributed by atoms with Crippen LogP contribution in [0, 0.1) is 17.6 Å². The summed E-state index contributed by atoms with van der Waals surface area (Å²) in [6, 6.07) is 3.52. The van der Waals surface area contributed by atoms with Gasteiger partial charge in [-0.1, -0.05) is 0 Å². The van der Waals surface area contributed by atoms with Crippen LogP contribution in [0.1, 0.15) is 6.42 Å². The maximum atomic E-state index is 12.9. The van der Waals surface area contributed by atoms with E-state index >= 15 is 0 Å². The number of rotatable bonds is 4. The second-order valence-electron chi connectivity index (χ2n) is 3.98. The van der Waals surface area contributed by atoms with E-state index in [2.05, 4.69) is 5.32 Å². The molecular weight excluding hydrogens is 226 g/mol. The molecule has 3 N–H and O–H groups in total. The summed E-state index contributed by atoms with van der Waals surface area (Å²) >= 11 is 0. The molecule has 5 heteroatoms. The van der Waals surface area contributed by atoms with Crippen molar-refractivity contribution in [1.29, 1.82) is 0 Å². The molecule has 0 saturated heterocycles. The third-order valence-electron chi connectivity index (χ3n) is 2.63. The molecule has 1 atom stereocenters. The van der Waals surface area contributed by atoms with Gasteiger partial charge in [-0.25, -0.2) is 8.78 Å². The zero-order valence-electron chi connectivity index (χ0n) is 9.25. The number of nitrogens with one attached hydrogen (secondary N) is 1. The summed E-state index contributed by atoms with van der Waals surface area (Å²) in [4.78, 5) is 0. The maximum absolute atomic E-state index is 12.9. The summed E-state index contributed by atoms with van der Waals surface area (Å²) in [5.41, 5.74) is 5.56. The molecule has 0 aliphatic carbocycles. The van der Waals surface area contributed by atoms with E-state index in [0.29, 0.717) is 24.1 Å². The molecule has 0 fully saturated rings. The van der Waals surface area contributed by atoms with Crippen LogP contribution in [0.2, 0.25) is 0 Å². The fourth-order valence-corrected chi connectivity index (χ4v) is 1.70. The van der Waals surface area contributed by atoms with Crippen molar-refractivity contribution in [2.75, 3.05) is 13.2 Å². The fourth-order valence-electron chi connectivity index (χ4n) is 1.70. The van der Waals surface area contributed by atoms with Gasteiger partial charge in [0, 0.05) is 18.5 Å². The lowest BCUT2D eigenvalue weighted by Crippen LogP contribution is -2.17. The Bertz CT molecular complexity index is 435. The van der Waals surface area contributed by atoms with Crippen LogP contribution < -0.4 is 15.8 Å². The average Bonchev–Trinajstić information content (AvgIpc) is 2.70. The van der Waals surface area contributed by atoms with Crippen LogP contribution in [-0.2, 0) is 0 Å². The molecule has 1 aromatic carbocycles. The van der Waals surface area contributed by atoms with Crippen LogP contribution in [0.5, 0.6) is 5.75 Å². The molecule has 0 radical (unpaired) electrons. The molecule has 1 heterocycles. The van der Waals surface area contributed by atoms with E-state index in [9.17, 15) is 8.78 Å². The molecule has 1 aromatic rings. The first-order chi connectivity index (χ1) is 8.15. The number of halogens is 2. The molecule has 17 heavy (non-hydrogen) atoms. The van der Waals surface area contributed by atoms with Gasteiger partial charge in [0.1, 0.15) is 5.75 Å². The average molecular weight is 240 g/mol. The van der Waals surface area contributed by atoms with Gasteiger partial charge in [0.05, 0.1) is 12.4 Å². The van der Waals surface area contributed by atoms with Crippen molar-refractivity contribution in [3.63, 3.8) is 0 Å². The van der Waals surface area contributed by atoms with Gasteiger partial charge in [-0.15, -0.1) is 0 Å². The molecule has 92 valence electrons. The molecule has 0 aromatic heterocycles. The van der Waals surface area contributed by atoms with Gasteiger partial charge < -0.3 is 15.8 Å². The molecular formula is C12H14F2N2O. The van der Waals surface area contributed by atoms with E-state index in [1.807, 2.05) is 6.08 Å². The standard InChI is InChI=1S/C12H14F2N2O/c13-10-2-1-9(6-11(10)14)17-4-3-8-5-12(15)16-7-8/h1-2,5-6,8,16H,3-4,7,15H2/t8-/m0/s1. The summed E-state index contributed by atoms with van der Waals surface area (Å²) in [6.45, 7) is 1.24. The molecule has 0 bridgehead atoms. The third kappa shape index (κ3) is 3.09. The number of hydrogen-bond donors (Lipinski definition) is 2. The van der Waals surface area contributed by atoms with Crippen LogP contribution in [-0.4, -0.2) is 13.2 Å². The quantitative estimate of drug-likeness (QED) is 0.843. The zero-order chi connectivity index (χ0) is 12.3. The van der Waals surface area contributed by atoms with E-state index in [0.717, 1.165) is 25.1 Å². The summed E-state index contributed by atoms with van der Waals surface area (Å²) in [7, 11) is 0.